The number of fused-ring (bicyclic) bond motifs is 2. The molecule has 246 valence electrons. The molecular weight excluding hydrogens is 611 g/mol. The third-order valence-corrected chi connectivity index (χ3v) is 8.22. The largest absolute Gasteiger partial charge is 0.420 e. The third kappa shape index (κ3) is 6.34. The van der Waals surface area contributed by atoms with Crippen LogP contribution in [-0.2, 0) is 12.8 Å². The van der Waals surface area contributed by atoms with Crippen molar-refractivity contribution in [2.75, 3.05) is 0 Å². The summed E-state index contributed by atoms with van der Waals surface area (Å²) in [6.45, 7) is 9.91. The Balaban J connectivity index is 0.00000221. The van der Waals surface area contributed by atoms with E-state index in [4.69, 9.17) is 20.4 Å². The van der Waals surface area contributed by atoms with Gasteiger partial charge in [-0.1, -0.05) is 52.8 Å². The van der Waals surface area contributed by atoms with Crippen molar-refractivity contribution in [3.05, 3.63) is 116 Å². The van der Waals surface area contributed by atoms with E-state index in [1.165, 1.54) is 22.9 Å². The second-order valence-corrected chi connectivity index (χ2v) is 11.8. The van der Waals surface area contributed by atoms with Gasteiger partial charge in [-0.25, -0.2) is 9.18 Å². The number of amides is 2. The number of aromatic nitrogens is 3. The first-order valence-corrected chi connectivity index (χ1v) is 16.0. The Kier molecular flexibility index (Phi) is 9.84. The number of nitrogens with two attached hydrogens (primary N) is 1. The van der Waals surface area contributed by atoms with Crippen LogP contribution in [0.15, 0.2) is 70.0 Å². The van der Waals surface area contributed by atoms with Gasteiger partial charge in [0.25, 0.3) is 11.8 Å². The number of hydrogen-bond donors (Lipinski definition) is 2. The molecule has 0 fully saturated rings. The first kappa shape index (κ1) is 33.7. The molecule has 0 spiro atoms. The van der Waals surface area contributed by atoms with Crippen molar-refractivity contribution in [1.29, 1.82) is 5.26 Å². The van der Waals surface area contributed by atoms with Crippen molar-refractivity contribution < 1.29 is 18.4 Å². The molecule has 0 bridgehead atoms. The second kappa shape index (κ2) is 14.0. The maximum Gasteiger partial charge on any atom is 0.420 e. The lowest BCUT2D eigenvalue weighted by molar-refractivity contribution is 0.0956. The standard InChI is InChI=1S/C35H31FN6O4.C2H6/c1-4-26(23-11-7-20(16-37)17-39-23)42-27-12-8-21(15-28(27)46-35(42)45)29-30(33(38)43)24(13-18(2)3)40-32-25(41-34(44)31(29)32)14-19-5-9-22(36)10-6-19;1-2/h5-12,15,17-18,25-26H,4,13-14H2,1-3H3,(H2,38,43)(H,41,44);1-2H3. The summed E-state index contributed by atoms with van der Waals surface area (Å²) in [6.07, 6.45) is 2.77. The highest BCUT2D eigenvalue weighted by Crippen LogP contribution is 2.40. The molecule has 5 aromatic rings. The Morgan fingerprint density at radius 2 is 1.83 bits per heavy atom. The van der Waals surface area contributed by atoms with Crippen LogP contribution in [0.1, 0.15) is 102 Å². The SMILES string of the molecule is CC.CCC(c1ccc(C#N)cn1)n1c(=O)oc2cc(-c3c(C(N)=O)c(CC(C)C)nc4c3C(=O)NC4Cc3ccc(F)cc3)ccc21. The minimum absolute atomic E-state index is 0.119. The summed E-state index contributed by atoms with van der Waals surface area (Å²) in [5, 5.41) is 12.1. The molecule has 1 aliphatic heterocycles. The molecule has 4 heterocycles. The van der Waals surface area contributed by atoms with Crippen LogP contribution < -0.4 is 16.8 Å². The van der Waals surface area contributed by atoms with Gasteiger partial charge in [0.1, 0.15) is 11.9 Å². The van der Waals surface area contributed by atoms with Crippen LogP contribution in [-0.4, -0.2) is 26.3 Å². The van der Waals surface area contributed by atoms with Gasteiger partial charge in [-0.05, 0) is 72.7 Å². The Labute approximate surface area is 277 Å². The number of carbonyl (C=O) groups excluding carboxylic acids is 2. The maximum atomic E-state index is 13.6. The molecule has 3 aromatic heterocycles. The number of oxazole rings is 1. The number of nitrogens with one attached hydrogen (secondary N) is 1. The second-order valence-electron chi connectivity index (χ2n) is 11.8. The van der Waals surface area contributed by atoms with Crippen molar-refractivity contribution >= 4 is 22.9 Å². The van der Waals surface area contributed by atoms with E-state index < -0.39 is 29.7 Å². The van der Waals surface area contributed by atoms with Crippen LogP contribution in [0.2, 0.25) is 0 Å². The van der Waals surface area contributed by atoms with E-state index in [-0.39, 0.29) is 28.4 Å². The first-order valence-electron chi connectivity index (χ1n) is 16.0. The third-order valence-electron chi connectivity index (χ3n) is 8.22. The molecule has 0 aliphatic carbocycles. The van der Waals surface area contributed by atoms with Gasteiger partial charge in [0.2, 0.25) is 0 Å². The van der Waals surface area contributed by atoms with Gasteiger partial charge in [-0.15, -0.1) is 0 Å². The molecule has 0 saturated heterocycles. The highest BCUT2D eigenvalue weighted by Gasteiger charge is 2.37. The van der Waals surface area contributed by atoms with Gasteiger partial charge in [0, 0.05) is 11.8 Å². The minimum atomic E-state index is -0.729. The number of primary amides is 1. The summed E-state index contributed by atoms with van der Waals surface area (Å²) >= 11 is 0. The number of hydrogen-bond acceptors (Lipinski definition) is 7. The Bertz CT molecular complexity index is 2090. The summed E-state index contributed by atoms with van der Waals surface area (Å²) < 4.78 is 20.8. The molecule has 3 N–H and O–H groups in total. The predicted octanol–water partition coefficient (Wildman–Crippen LogP) is 6.41. The van der Waals surface area contributed by atoms with Crippen molar-refractivity contribution in [2.24, 2.45) is 11.7 Å². The smallest absolute Gasteiger partial charge is 0.408 e. The molecule has 10 nitrogen and oxygen atoms in total. The molecule has 48 heavy (non-hydrogen) atoms. The summed E-state index contributed by atoms with van der Waals surface area (Å²) in [5.41, 5.74) is 10.6. The van der Waals surface area contributed by atoms with E-state index in [1.54, 1.807) is 42.5 Å². The molecule has 2 amide bonds. The fourth-order valence-corrected chi connectivity index (χ4v) is 6.21. The summed E-state index contributed by atoms with van der Waals surface area (Å²) in [6, 6.07) is 15.5. The van der Waals surface area contributed by atoms with E-state index in [0.29, 0.717) is 58.6 Å². The Morgan fingerprint density at radius 1 is 1.10 bits per heavy atom. The van der Waals surface area contributed by atoms with E-state index in [9.17, 15) is 18.8 Å². The number of nitriles is 1. The number of rotatable bonds is 9. The number of halogens is 1. The van der Waals surface area contributed by atoms with Gasteiger partial charge in [0.05, 0.1) is 51.4 Å². The summed E-state index contributed by atoms with van der Waals surface area (Å²) in [7, 11) is 0. The molecular formula is C37H37FN6O4. The molecule has 6 rings (SSSR count). The molecule has 11 heteroatoms. The highest BCUT2D eigenvalue weighted by molar-refractivity contribution is 6.12. The average molecular weight is 649 g/mol. The quantitative estimate of drug-likeness (QED) is 0.187. The Morgan fingerprint density at radius 3 is 2.44 bits per heavy atom. The van der Waals surface area contributed by atoms with Crippen LogP contribution in [0.25, 0.3) is 22.2 Å². The van der Waals surface area contributed by atoms with E-state index in [2.05, 4.69) is 10.3 Å². The molecule has 1 aliphatic rings. The first-order chi connectivity index (χ1) is 23.1. The minimum Gasteiger partial charge on any atom is -0.408 e. The van der Waals surface area contributed by atoms with Crippen LogP contribution in [0.3, 0.4) is 0 Å². The topological polar surface area (TPSA) is 157 Å². The lowest BCUT2D eigenvalue weighted by Gasteiger charge is -2.19. The maximum absolute atomic E-state index is 13.6. The molecule has 0 saturated carbocycles. The summed E-state index contributed by atoms with van der Waals surface area (Å²) in [5.74, 6) is -1.99. The average Bonchev–Trinajstić information content (AvgIpc) is 3.56. The molecule has 2 unspecified atom stereocenters. The fraction of sp³-hybridized carbons (Fsp3) is 0.297. The van der Waals surface area contributed by atoms with Crippen LogP contribution in [0.5, 0.6) is 0 Å². The Hall–Kier alpha value is -5.63. The monoisotopic (exact) mass is 648 g/mol. The number of nitrogens with zero attached hydrogens (tertiary/aromatic N) is 4. The number of benzene rings is 2. The van der Waals surface area contributed by atoms with E-state index in [0.717, 1.165) is 5.56 Å². The summed E-state index contributed by atoms with van der Waals surface area (Å²) in [4.78, 5) is 49.2. The zero-order valence-electron chi connectivity index (χ0n) is 27.5. The predicted molar refractivity (Wildman–Crippen MR) is 180 cm³/mol. The zero-order valence-corrected chi connectivity index (χ0v) is 27.5. The lowest BCUT2D eigenvalue weighted by atomic mass is 9.88. The van der Waals surface area contributed by atoms with Crippen LogP contribution in [0.4, 0.5) is 4.39 Å². The van der Waals surface area contributed by atoms with Crippen molar-refractivity contribution in [1.82, 2.24) is 19.9 Å². The molecule has 0 radical (unpaired) electrons. The van der Waals surface area contributed by atoms with Crippen molar-refractivity contribution in [2.45, 2.75) is 66.0 Å². The molecule has 2 atom stereocenters. The highest BCUT2D eigenvalue weighted by atomic mass is 19.1. The van der Waals surface area contributed by atoms with E-state index in [1.807, 2.05) is 40.7 Å². The van der Waals surface area contributed by atoms with Gasteiger partial charge in [-0.2, -0.15) is 5.26 Å². The fourth-order valence-electron chi connectivity index (χ4n) is 6.21. The van der Waals surface area contributed by atoms with Gasteiger partial charge >= 0.3 is 5.76 Å². The molecule has 2 aromatic carbocycles. The van der Waals surface area contributed by atoms with Gasteiger partial charge in [-0.3, -0.25) is 24.1 Å². The lowest BCUT2D eigenvalue weighted by Crippen LogP contribution is -2.22. The normalized spacial score (nSPS) is 14.2. The van der Waals surface area contributed by atoms with Crippen LogP contribution in [0, 0.1) is 23.1 Å². The zero-order chi connectivity index (χ0) is 34.7. The van der Waals surface area contributed by atoms with Crippen molar-refractivity contribution in [3.63, 3.8) is 0 Å². The number of carbonyl (C=O) groups is 2. The van der Waals surface area contributed by atoms with Crippen LogP contribution >= 0.6 is 0 Å². The van der Waals surface area contributed by atoms with Crippen molar-refractivity contribution in [3.8, 4) is 17.2 Å². The van der Waals surface area contributed by atoms with Gasteiger partial charge in [0.15, 0.2) is 5.58 Å². The van der Waals surface area contributed by atoms with E-state index >= 15 is 0 Å². The number of pyridine rings is 2. The van der Waals surface area contributed by atoms with Gasteiger partial charge < -0.3 is 15.5 Å².